The molecule has 0 saturated carbocycles. The van der Waals surface area contributed by atoms with Crippen LogP contribution in [0.1, 0.15) is 22.6 Å². The van der Waals surface area contributed by atoms with Crippen molar-refractivity contribution in [2.45, 2.75) is 11.7 Å². The van der Waals surface area contributed by atoms with Gasteiger partial charge in [0.05, 0.1) is 13.4 Å². The lowest BCUT2D eigenvalue weighted by Crippen LogP contribution is -2.04. The zero-order valence-electron chi connectivity index (χ0n) is 15.3. The Morgan fingerprint density at radius 3 is 2.15 bits per heavy atom. The number of fused-ring (bicyclic) bond motifs is 1. The minimum absolute atomic E-state index is 0.380. The van der Waals surface area contributed by atoms with Gasteiger partial charge in [0.1, 0.15) is 0 Å². The lowest BCUT2D eigenvalue weighted by atomic mass is 9.93. The zero-order valence-corrected chi connectivity index (χ0v) is 16.1. The molecule has 1 heterocycles. The molecule has 3 heteroatoms. The Bertz CT molecular complexity index is 953. The molecule has 0 fully saturated rings. The van der Waals surface area contributed by atoms with E-state index >= 15 is 0 Å². The Hall–Kier alpha value is -2.65. The van der Waals surface area contributed by atoms with Gasteiger partial charge in [-0.15, -0.1) is 0 Å². The average molecular weight is 375 g/mol. The van der Waals surface area contributed by atoms with Crippen molar-refractivity contribution in [3.8, 4) is 5.75 Å². The highest BCUT2D eigenvalue weighted by atomic mass is 32.2. The van der Waals surface area contributed by atoms with Gasteiger partial charge in [0.25, 0.3) is 0 Å². The Kier molecular flexibility index (Phi) is 5.50. The van der Waals surface area contributed by atoms with Crippen LogP contribution in [0.25, 0.3) is 11.0 Å². The van der Waals surface area contributed by atoms with Crippen LogP contribution in [0.15, 0.2) is 89.5 Å². The Morgan fingerprint density at radius 1 is 0.852 bits per heavy atom. The second kappa shape index (κ2) is 8.36. The second-order valence-electron chi connectivity index (χ2n) is 6.49. The van der Waals surface area contributed by atoms with Crippen LogP contribution in [0.2, 0.25) is 0 Å². The predicted molar refractivity (Wildman–Crippen MR) is 114 cm³/mol. The van der Waals surface area contributed by atoms with Crippen LogP contribution < -0.4 is 4.74 Å². The quantitative estimate of drug-likeness (QED) is 0.368. The molecule has 0 radical (unpaired) electrons. The fourth-order valence-electron chi connectivity index (χ4n) is 3.40. The Morgan fingerprint density at radius 2 is 1.52 bits per heavy atom. The third kappa shape index (κ3) is 3.88. The molecule has 0 spiro atoms. The number of ether oxygens (including phenoxy) is 1. The minimum Gasteiger partial charge on any atom is -0.493 e. The number of benzene rings is 3. The van der Waals surface area contributed by atoms with E-state index < -0.39 is 0 Å². The number of methoxy groups -OCH3 is 1. The molecule has 4 rings (SSSR count). The van der Waals surface area contributed by atoms with E-state index in [2.05, 4.69) is 66.7 Å². The van der Waals surface area contributed by atoms with Crippen molar-refractivity contribution in [1.82, 2.24) is 0 Å². The van der Waals surface area contributed by atoms with Gasteiger partial charge in [-0.25, -0.2) is 0 Å². The summed E-state index contributed by atoms with van der Waals surface area (Å²) in [5, 5.41) is 1.14. The first-order valence-electron chi connectivity index (χ1n) is 9.07. The van der Waals surface area contributed by atoms with Crippen molar-refractivity contribution in [3.05, 3.63) is 102 Å². The van der Waals surface area contributed by atoms with Crippen molar-refractivity contribution >= 4 is 22.7 Å². The summed E-state index contributed by atoms with van der Waals surface area (Å²) in [5.74, 6) is 3.10. The van der Waals surface area contributed by atoms with Crippen molar-refractivity contribution in [1.29, 1.82) is 0 Å². The number of hydrogen-bond donors (Lipinski definition) is 0. The van der Waals surface area contributed by atoms with Crippen molar-refractivity contribution in [2.24, 2.45) is 0 Å². The molecule has 27 heavy (non-hydrogen) atoms. The maximum Gasteiger partial charge on any atom is 0.175 e. The number of hydrogen-bond acceptors (Lipinski definition) is 3. The molecule has 0 N–H and O–H groups in total. The summed E-state index contributed by atoms with van der Waals surface area (Å²) in [5.41, 5.74) is 4.76. The fraction of sp³-hybridized carbons (Fsp3) is 0.167. The Balaban J connectivity index is 1.52. The standard InChI is InChI=1S/C24H22O2S/c1-25-23-14-8-13-21-20(15-26-24(21)23)16-27-17-22(18-9-4-2-5-10-18)19-11-6-3-7-12-19/h2-15,22H,16-17H2,1H3. The predicted octanol–water partition coefficient (Wildman–Crippen LogP) is 6.51. The zero-order chi connectivity index (χ0) is 18.5. The molecule has 0 aliphatic rings. The van der Waals surface area contributed by atoms with Gasteiger partial charge >= 0.3 is 0 Å². The normalized spacial score (nSPS) is 11.2. The highest BCUT2D eigenvalue weighted by Crippen LogP contribution is 2.34. The number of para-hydroxylation sites is 1. The van der Waals surface area contributed by atoms with Gasteiger partial charge in [-0.3, -0.25) is 0 Å². The van der Waals surface area contributed by atoms with E-state index in [1.807, 2.05) is 30.2 Å². The minimum atomic E-state index is 0.380. The van der Waals surface area contributed by atoms with Crippen LogP contribution in [0.3, 0.4) is 0 Å². The summed E-state index contributed by atoms with van der Waals surface area (Å²) in [6, 6.07) is 27.5. The molecule has 0 bridgehead atoms. The van der Waals surface area contributed by atoms with Gasteiger partial charge in [0.2, 0.25) is 0 Å². The molecule has 0 atom stereocenters. The molecule has 0 saturated heterocycles. The first kappa shape index (κ1) is 17.7. The maximum atomic E-state index is 5.76. The number of furan rings is 1. The topological polar surface area (TPSA) is 22.4 Å². The van der Waals surface area contributed by atoms with Crippen molar-refractivity contribution < 1.29 is 9.15 Å². The average Bonchev–Trinajstić information content (AvgIpc) is 3.16. The molecule has 0 amide bonds. The Labute approximate surface area is 164 Å². The molecular weight excluding hydrogens is 352 g/mol. The second-order valence-corrected chi connectivity index (χ2v) is 7.52. The third-order valence-electron chi connectivity index (χ3n) is 4.81. The van der Waals surface area contributed by atoms with Crippen LogP contribution >= 0.6 is 11.8 Å². The summed E-state index contributed by atoms with van der Waals surface area (Å²) in [7, 11) is 1.68. The van der Waals surface area contributed by atoms with Gasteiger partial charge in [0.15, 0.2) is 11.3 Å². The van der Waals surface area contributed by atoms with Gasteiger partial charge < -0.3 is 9.15 Å². The maximum absolute atomic E-state index is 5.76. The van der Waals surface area contributed by atoms with E-state index in [0.717, 1.165) is 28.2 Å². The molecular formula is C24H22O2S. The van der Waals surface area contributed by atoms with E-state index in [4.69, 9.17) is 9.15 Å². The highest BCUT2D eigenvalue weighted by Gasteiger charge is 2.15. The molecule has 0 unspecified atom stereocenters. The van der Waals surface area contributed by atoms with Crippen molar-refractivity contribution in [2.75, 3.05) is 12.9 Å². The molecule has 3 aromatic carbocycles. The van der Waals surface area contributed by atoms with Crippen LogP contribution in [-0.4, -0.2) is 12.9 Å². The monoisotopic (exact) mass is 374 g/mol. The summed E-state index contributed by atoms with van der Waals surface area (Å²) in [6.45, 7) is 0. The first-order chi connectivity index (χ1) is 13.4. The van der Waals surface area contributed by atoms with Gasteiger partial charge in [-0.05, 0) is 17.2 Å². The molecule has 0 aliphatic heterocycles. The molecule has 136 valence electrons. The van der Waals surface area contributed by atoms with Crippen LogP contribution in [0.5, 0.6) is 5.75 Å². The number of rotatable bonds is 7. The number of thioether (sulfide) groups is 1. The van der Waals surface area contributed by atoms with Crippen LogP contribution in [0.4, 0.5) is 0 Å². The molecule has 4 aromatic rings. The lowest BCUT2D eigenvalue weighted by molar-refractivity contribution is 0.410. The summed E-state index contributed by atoms with van der Waals surface area (Å²) < 4.78 is 11.2. The lowest BCUT2D eigenvalue weighted by Gasteiger charge is -2.17. The molecule has 2 nitrogen and oxygen atoms in total. The summed E-state index contributed by atoms with van der Waals surface area (Å²) in [6.07, 6.45) is 1.86. The molecule has 0 aliphatic carbocycles. The summed E-state index contributed by atoms with van der Waals surface area (Å²) in [4.78, 5) is 0. The smallest absolute Gasteiger partial charge is 0.175 e. The van der Waals surface area contributed by atoms with E-state index in [9.17, 15) is 0 Å². The van der Waals surface area contributed by atoms with Crippen LogP contribution in [0, 0.1) is 0 Å². The first-order valence-corrected chi connectivity index (χ1v) is 10.2. The van der Waals surface area contributed by atoms with Crippen molar-refractivity contribution in [3.63, 3.8) is 0 Å². The SMILES string of the molecule is COc1cccc2c(CSCC(c3ccccc3)c3ccccc3)coc12. The van der Waals surface area contributed by atoms with Gasteiger partial charge in [-0.2, -0.15) is 11.8 Å². The highest BCUT2D eigenvalue weighted by molar-refractivity contribution is 7.98. The van der Waals surface area contributed by atoms with E-state index in [1.165, 1.54) is 16.7 Å². The summed E-state index contributed by atoms with van der Waals surface area (Å²) >= 11 is 1.94. The van der Waals surface area contributed by atoms with Crippen LogP contribution in [-0.2, 0) is 5.75 Å². The van der Waals surface area contributed by atoms with Gasteiger partial charge in [-0.1, -0.05) is 72.8 Å². The fourth-order valence-corrected chi connectivity index (χ4v) is 4.58. The van der Waals surface area contributed by atoms with E-state index in [-0.39, 0.29) is 0 Å². The third-order valence-corrected chi connectivity index (χ3v) is 5.89. The van der Waals surface area contributed by atoms with E-state index in [0.29, 0.717) is 5.92 Å². The van der Waals surface area contributed by atoms with E-state index in [1.54, 1.807) is 7.11 Å². The van der Waals surface area contributed by atoms with Gasteiger partial charge in [0, 0.05) is 28.4 Å². The largest absolute Gasteiger partial charge is 0.493 e. The molecule has 1 aromatic heterocycles.